The van der Waals surface area contributed by atoms with Crippen molar-refractivity contribution in [2.45, 2.75) is 26.7 Å². The van der Waals surface area contributed by atoms with Crippen molar-refractivity contribution in [1.29, 1.82) is 0 Å². The van der Waals surface area contributed by atoms with Crippen LogP contribution >= 0.6 is 11.6 Å². The molecule has 1 heterocycles. The molecule has 0 amide bonds. The van der Waals surface area contributed by atoms with Gasteiger partial charge in [-0.3, -0.25) is 0 Å². The van der Waals surface area contributed by atoms with Crippen LogP contribution in [-0.2, 0) is 6.42 Å². The third kappa shape index (κ3) is 2.54. The molecule has 20 heavy (non-hydrogen) atoms. The fourth-order valence-electron chi connectivity index (χ4n) is 2.08. The summed E-state index contributed by atoms with van der Waals surface area (Å²) in [7, 11) is 0. The number of carboxylic acids is 1. The average molecular weight is 297 g/mol. The summed E-state index contributed by atoms with van der Waals surface area (Å²) in [6, 6.07) is 4.18. The quantitative estimate of drug-likeness (QED) is 0.937. The van der Waals surface area contributed by atoms with Crippen LogP contribution in [0.4, 0.5) is 4.39 Å². The first-order valence-electron chi connectivity index (χ1n) is 6.23. The Labute approximate surface area is 120 Å². The molecular formula is C14H14ClFN2O2. The second kappa shape index (κ2) is 5.63. The van der Waals surface area contributed by atoms with Crippen molar-refractivity contribution in [3.8, 4) is 5.69 Å². The van der Waals surface area contributed by atoms with Gasteiger partial charge in [-0.1, -0.05) is 24.9 Å². The summed E-state index contributed by atoms with van der Waals surface area (Å²) in [6.07, 6.45) is 1.28. The molecule has 4 nitrogen and oxygen atoms in total. The highest BCUT2D eigenvalue weighted by molar-refractivity contribution is 6.33. The van der Waals surface area contributed by atoms with Crippen LogP contribution in [0, 0.1) is 12.7 Å². The Balaban J connectivity index is 2.63. The third-order valence-corrected chi connectivity index (χ3v) is 3.34. The molecule has 2 aromatic rings. The van der Waals surface area contributed by atoms with E-state index in [1.165, 1.54) is 22.9 Å². The van der Waals surface area contributed by atoms with Gasteiger partial charge in [0.15, 0.2) is 0 Å². The summed E-state index contributed by atoms with van der Waals surface area (Å²) in [5.41, 5.74) is 1.65. The summed E-state index contributed by atoms with van der Waals surface area (Å²) < 4.78 is 14.5. The van der Waals surface area contributed by atoms with Crippen LogP contribution in [0.5, 0.6) is 0 Å². The maximum atomic E-state index is 13.1. The third-order valence-electron chi connectivity index (χ3n) is 2.99. The average Bonchev–Trinajstić information content (AvgIpc) is 2.67. The van der Waals surface area contributed by atoms with Gasteiger partial charge in [-0.2, -0.15) is 5.10 Å². The molecule has 0 aliphatic carbocycles. The van der Waals surface area contributed by atoms with E-state index in [1.807, 2.05) is 6.92 Å². The van der Waals surface area contributed by atoms with E-state index >= 15 is 0 Å². The molecule has 0 spiro atoms. The molecule has 0 atom stereocenters. The molecule has 1 N–H and O–H groups in total. The molecule has 6 heteroatoms. The Morgan fingerprint density at radius 3 is 2.75 bits per heavy atom. The maximum absolute atomic E-state index is 13.1. The van der Waals surface area contributed by atoms with Gasteiger partial charge in [0.1, 0.15) is 16.5 Å². The second-order valence-electron chi connectivity index (χ2n) is 4.51. The van der Waals surface area contributed by atoms with Crippen LogP contribution in [0.15, 0.2) is 18.2 Å². The Hall–Kier alpha value is -1.88. The molecule has 0 fully saturated rings. The number of carboxylic acid groups (broad SMARTS) is 1. The molecule has 0 bridgehead atoms. The highest BCUT2D eigenvalue weighted by Gasteiger charge is 2.23. The normalized spacial score (nSPS) is 10.8. The van der Waals surface area contributed by atoms with Crippen molar-refractivity contribution in [2.24, 2.45) is 0 Å². The smallest absolute Gasteiger partial charge is 0.340 e. The van der Waals surface area contributed by atoms with Gasteiger partial charge in [-0.15, -0.1) is 0 Å². The molecule has 0 unspecified atom stereocenters. The number of halogens is 2. The number of hydrogen-bond donors (Lipinski definition) is 1. The minimum absolute atomic E-state index is 0.0113. The number of rotatable bonds is 4. The maximum Gasteiger partial charge on any atom is 0.340 e. The lowest BCUT2D eigenvalue weighted by molar-refractivity contribution is 0.0696. The standard InChI is InChI=1S/C14H14ClFN2O2/c1-3-4-10-12(14(19)20)13(15)18(17-10)11-6-5-9(16)7-8(11)2/h5-7H,3-4H2,1-2H3,(H,19,20). The Kier molecular flexibility index (Phi) is 4.09. The van der Waals surface area contributed by atoms with E-state index in [-0.39, 0.29) is 16.5 Å². The molecule has 2 rings (SSSR count). The van der Waals surface area contributed by atoms with Crippen LogP contribution in [0.1, 0.15) is 35.0 Å². The van der Waals surface area contributed by atoms with E-state index in [4.69, 9.17) is 11.6 Å². The van der Waals surface area contributed by atoms with E-state index in [9.17, 15) is 14.3 Å². The SMILES string of the molecule is CCCc1nn(-c2ccc(F)cc2C)c(Cl)c1C(=O)O. The van der Waals surface area contributed by atoms with Gasteiger partial charge in [-0.25, -0.2) is 13.9 Å². The minimum atomic E-state index is -1.11. The van der Waals surface area contributed by atoms with Gasteiger partial charge >= 0.3 is 5.97 Å². The van der Waals surface area contributed by atoms with Crippen molar-refractivity contribution in [3.05, 3.63) is 46.0 Å². The number of aromatic carboxylic acids is 1. The summed E-state index contributed by atoms with van der Waals surface area (Å²) in [6.45, 7) is 3.65. The first-order valence-corrected chi connectivity index (χ1v) is 6.60. The predicted molar refractivity (Wildman–Crippen MR) is 74.2 cm³/mol. The molecule has 0 radical (unpaired) electrons. The first-order chi connectivity index (χ1) is 9.45. The first kappa shape index (κ1) is 14.5. The van der Waals surface area contributed by atoms with Gasteiger partial charge in [0, 0.05) is 0 Å². The predicted octanol–water partition coefficient (Wildman–Crippen LogP) is 3.62. The monoisotopic (exact) mass is 296 g/mol. The highest BCUT2D eigenvalue weighted by Crippen LogP contribution is 2.26. The van der Waals surface area contributed by atoms with Crippen molar-refractivity contribution in [1.82, 2.24) is 9.78 Å². The summed E-state index contributed by atoms with van der Waals surface area (Å²) >= 11 is 6.13. The van der Waals surface area contributed by atoms with Gasteiger partial charge < -0.3 is 5.11 Å². The lowest BCUT2D eigenvalue weighted by Gasteiger charge is -2.07. The topological polar surface area (TPSA) is 55.1 Å². The van der Waals surface area contributed by atoms with E-state index in [1.54, 1.807) is 6.92 Å². The van der Waals surface area contributed by atoms with E-state index < -0.39 is 5.97 Å². The fourth-order valence-corrected chi connectivity index (χ4v) is 2.40. The van der Waals surface area contributed by atoms with E-state index in [0.717, 1.165) is 6.42 Å². The van der Waals surface area contributed by atoms with Crippen LogP contribution in [0.3, 0.4) is 0 Å². The second-order valence-corrected chi connectivity index (χ2v) is 4.87. The zero-order valence-electron chi connectivity index (χ0n) is 11.2. The summed E-state index contributed by atoms with van der Waals surface area (Å²) in [5, 5.41) is 13.5. The molecular weight excluding hydrogens is 283 g/mol. The minimum Gasteiger partial charge on any atom is -0.478 e. The van der Waals surface area contributed by atoms with E-state index in [0.29, 0.717) is 23.4 Å². The molecule has 0 aliphatic rings. The van der Waals surface area contributed by atoms with Crippen LogP contribution < -0.4 is 0 Å². The van der Waals surface area contributed by atoms with Gasteiger partial charge in [0.2, 0.25) is 0 Å². The van der Waals surface area contributed by atoms with Gasteiger partial charge in [0.05, 0.1) is 11.4 Å². The van der Waals surface area contributed by atoms with Crippen LogP contribution in [-0.4, -0.2) is 20.9 Å². The number of hydrogen-bond acceptors (Lipinski definition) is 2. The molecule has 1 aromatic heterocycles. The lowest BCUT2D eigenvalue weighted by Crippen LogP contribution is -2.01. The van der Waals surface area contributed by atoms with Crippen molar-refractivity contribution in [3.63, 3.8) is 0 Å². The van der Waals surface area contributed by atoms with Gasteiger partial charge in [-0.05, 0) is 37.1 Å². The molecule has 0 saturated carbocycles. The Morgan fingerprint density at radius 1 is 1.50 bits per heavy atom. The molecule has 1 aromatic carbocycles. The Bertz CT molecular complexity index is 667. The lowest BCUT2D eigenvalue weighted by atomic mass is 10.1. The zero-order valence-corrected chi connectivity index (χ0v) is 11.9. The number of carbonyl (C=O) groups is 1. The largest absolute Gasteiger partial charge is 0.478 e. The number of nitrogens with zero attached hydrogens (tertiary/aromatic N) is 2. The molecule has 0 saturated heterocycles. The van der Waals surface area contributed by atoms with E-state index in [2.05, 4.69) is 5.10 Å². The van der Waals surface area contributed by atoms with Crippen LogP contribution in [0.25, 0.3) is 5.69 Å². The number of benzene rings is 1. The fraction of sp³-hybridized carbons (Fsp3) is 0.286. The van der Waals surface area contributed by atoms with Crippen LogP contribution in [0.2, 0.25) is 5.15 Å². The van der Waals surface area contributed by atoms with Gasteiger partial charge in [0.25, 0.3) is 0 Å². The highest BCUT2D eigenvalue weighted by atomic mass is 35.5. The zero-order chi connectivity index (χ0) is 14.9. The van der Waals surface area contributed by atoms with Crippen molar-refractivity contribution < 1.29 is 14.3 Å². The number of aromatic nitrogens is 2. The van der Waals surface area contributed by atoms with Crippen molar-refractivity contribution >= 4 is 17.6 Å². The summed E-state index contributed by atoms with van der Waals surface area (Å²) in [5.74, 6) is -1.47. The molecule has 106 valence electrons. The van der Waals surface area contributed by atoms with Crippen molar-refractivity contribution in [2.75, 3.05) is 0 Å². The number of aryl methyl sites for hydroxylation is 2. The summed E-state index contributed by atoms with van der Waals surface area (Å²) in [4.78, 5) is 11.3. The molecule has 0 aliphatic heterocycles. The Morgan fingerprint density at radius 2 is 2.20 bits per heavy atom.